The van der Waals surface area contributed by atoms with Crippen LogP contribution in [0.1, 0.15) is 45.6 Å². The molecule has 5 rings (SSSR count). The lowest BCUT2D eigenvalue weighted by Crippen LogP contribution is -2.36. The molecule has 0 aliphatic carbocycles. The highest BCUT2D eigenvalue weighted by atomic mass is 19.1. The maximum Gasteiger partial charge on any atom is 0.167 e. The van der Waals surface area contributed by atoms with Crippen molar-refractivity contribution >= 4 is 22.3 Å². The van der Waals surface area contributed by atoms with Gasteiger partial charge >= 0.3 is 0 Å². The highest BCUT2D eigenvalue weighted by molar-refractivity contribution is 5.88. The Morgan fingerprint density at radius 2 is 1.67 bits per heavy atom. The van der Waals surface area contributed by atoms with Crippen molar-refractivity contribution in [1.29, 1.82) is 0 Å². The molecule has 0 saturated carbocycles. The van der Waals surface area contributed by atoms with Crippen LogP contribution < -0.4 is 19.5 Å². The predicted molar refractivity (Wildman–Crippen MR) is 165 cm³/mol. The molecule has 42 heavy (non-hydrogen) atoms. The van der Waals surface area contributed by atoms with Crippen LogP contribution in [0.3, 0.4) is 0 Å². The number of fused-ring (bicyclic) bond motifs is 1. The molecule has 1 aromatic heterocycles. The number of aromatic nitrogens is 1. The van der Waals surface area contributed by atoms with Gasteiger partial charge in [-0.2, -0.15) is 0 Å². The Morgan fingerprint density at radius 1 is 0.929 bits per heavy atom. The minimum atomic E-state index is -0.480. The summed E-state index contributed by atoms with van der Waals surface area (Å²) >= 11 is 0. The number of rotatable bonds is 10. The molecule has 1 saturated heterocycles. The van der Waals surface area contributed by atoms with Crippen molar-refractivity contribution in [3.8, 4) is 23.0 Å². The first-order chi connectivity index (χ1) is 20.2. The Bertz CT molecular complexity index is 1500. The number of anilines is 2. The third kappa shape index (κ3) is 7.30. The molecule has 2 N–H and O–H groups in total. The molecule has 0 unspecified atom stereocenters. The maximum atomic E-state index is 15.2. The van der Waals surface area contributed by atoms with Crippen LogP contribution in [0.4, 0.5) is 15.8 Å². The van der Waals surface area contributed by atoms with Gasteiger partial charge in [0, 0.05) is 54.7 Å². The van der Waals surface area contributed by atoms with E-state index in [1.165, 1.54) is 11.6 Å². The summed E-state index contributed by atoms with van der Waals surface area (Å²) in [5.74, 6) is 1.25. The molecule has 0 atom stereocenters. The zero-order valence-corrected chi connectivity index (χ0v) is 24.8. The van der Waals surface area contributed by atoms with Crippen LogP contribution in [0, 0.1) is 5.82 Å². The standard InChI is InChI=1S/C34H40FN3O4/c1-34(2,3)23-6-8-24(9-7-23)37-25-10-11-31(28(35)20-25)42-30-12-15-36-29-22-33(32(40-4)21-27(29)30)41-19-5-16-38-17-13-26(39)14-18-38/h6-12,15,20-22,26,37,39H,5,13-14,16-19H2,1-4H3. The molecule has 8 heteroatoms. The molecule has 1 fully saturated rings. The Labute approximate surface area is 247 Å². The number of pyridine rings is 1. The van der Waals surface area contributed by atoms with Crippen molar-refractivity contribution in [3.05, 3.63) is 78.2 Å². The van der Waals surface area contributed by atoms with E-state index in [1.54, 1.807) is 31.5 Å². The first kappa shape index (κ1) is 29.6. The second kappa shape index (κ2) is 13.0. The molecule has 2 heterocycles. The first-order valence-corrected chi connectivity index (χ1v) is 14.5. The zero-order valence-electron chi connectivity index (χ0n) is 24.8. The first-order valence-electron chi connectivity index (χ1n) is 14.5. The number of methoxy groups -OCH3 is 1. The van der Waals surface area contributed by atoms with Crippen molar-refractivity contribution in [1.82, 2.24) is 9.88 Å². The predicted octanol–water partition coefficient (Wildman–Crippen LogP) is 7.44. The van der Waals surface area contributed by atoms with Crippen molar-refractivity contribution in [2.45, 2.75) is 51.6 Å². The number of piperidine rings is 1. The van der Waals surface area contributed by atoms with Gasteiger partial charge in [-0.3, -0.25) is 4.98 Å². The maximum absolute atomic E-state index is 15.2. The number of nitrogens with one attached hydrogen (secondary N) is 1. The van der Waals surface area contributed by atoms with Gasteiger partial charge < -0.3 is 29.5 Å². The van der Waals surface area contributed by atoms with E-state index in [4.69, 9.17) is 14.2 Å². The van der Waals surface area contributed by atoms with Gasteiger partial charge in [0.15, 0.2) is 23.1 Å². The van der Waals surface area contributed by atoms with Crippen molar-refractivity contribution in [2.75, 3.05) is 38.7 Å². The molecule has 222 valence electrons. The molecule has 7 nitrogen and oxygen atoms in total. The van der Waals surface area contributed by atoms with E-state index in [9.17, 15) is 5.11 Å². The second-order valence-corrected chi connectivity index (χ2v) is 11.8. The molecule has 0 amide bonds. The second-order valence-electron chi connectivity index (χ2n) is 11.8. The van der Waals surface area contributed by atoms with E-state index in [2.05, 4.69) is 48.1 Å². The number of hydrogen-bond donors (Lipinski definition) is 2. The number of aliphatic hydroxyl groups is 1. The average Bonchev–Trinajstić information content (AvgIpc) is 2.97. The number of hydrogen-bond acceptors (Lipinski definition) is 7. The van der Waals surface area contributed by atoms with E-state index in [0.717, 1.165) is 44.6 Å². The summed E-state index contributed by atoms with van der Waals surface area (Å²) in [5.41, 5.74) is 3.47. The van der Waals surface area contributed by atoms with Gasteiger partial charge in [0.25, 0.3) is 0 Å². The summed E-state index contributed by atoms with van der Waals surface area (Å²) in [7, 11) is 1.59. The monoisotopic (exact) mass is 573 g/mol. The Balaban J connectivity index is 1.25. The molecule has 0 bridgehead atoms. The van der Waals surface area contributed by atoms with Gasteiger partial charge in [-0.1, -0.05) is 32.9 Å². The molecule has 4 aromatic rings. The van der Waals surface area contributed by atoms with Crippen LogP contribution in [0.2, 0.25) is 0 Å². The molecule has 3 aromatic carbocycles. The zero-order chi connectivity index (χ0) is 29.7. The topological polar surface area (TPSA) is 76.1 Å². The highest BCUT2D eigenvalue weighted by Crippen LogP contribution is 2.38. The number of likely N-dealkylation sites (tertiary alicyclic amines) is 1. The Hall–Kier alpha value is -3.88. The van der Waals surface area contributed by atoms with Gasteiger partial charge in [-0.15, -0.1) is 0 Å². The van der Waals surface area contributed by atoms with Gasteiger partial charge in [0.2, 0.25) is 0 Å². The lowest BCUT2D eigenvalue weighted by atomic mass is 9.87. The summed E-state index contributed by atoms with van der Waals surface area (Å²) < 4.78 is 32.9. The number of benzene rings is 3. The summed E-state index contributed by atoms with van der Waals surface area (Å²) in [4.78, 5) is 6.83. The van der Waals surface area contributed by atoms with E-state index < -0.39 is 5.82 Å². The number of ether oxygens (including phenoxy) is 3. The normalized spacial score (nSPS) is 14.6. The van der Waals surface area contributed by atoms with Gasteiger partial charge in [-0.25, -0.2) is 4.39 Å². The van der Waals surface area contributed by atoms with Crippen LogP contribution in [0.15, 0.2) is 66.9 Å². The molecule has 0 spiro atoms. The molecule has 1 aliphatic rings. The van der Waals surface area contributed by atoms with Gasteiger partial charge in [0.05, 0.1) is 25.3 Å². The number of aliphatic hydroxyl groups excluding tert-OH is 1. The fourth-order valence-corrected chi connectivity index (χ4v) is 5.10. The number of nitrogens with zero attached hydrogens (tertiary/aromatic N) is 2. The Kier molecular flexibility index (Phi) is 9.14. The molecular formula is C34H40FN3O4. The fourth-order valence-electron chi connectivity index (χ4n) is 5.10. The van der Waals surface area contributed by atoms with E-state index in [0.29, 0.717) is 40.4 Å². The highest BCUT2D eigenvalue weighted by Gasteiger charge is 2.18. The quantitative estimate of drug-likeness (QED) is 0.191. The molecule has 0 radical (unpaired) electrons. The van der Waals surface area contributed by atoms with Crippen LogP contribution in [0.5, 0.6) is 23.0 Å². The van der Waals surface area contributed by atoms with Gasteiger partial charge in [-0.05, 0) is 66.6 Å². The van der Waals surface area contributed by atoms with Crippen molar-refractivity contribution in [2.24, 2.45) is 0 Å². The van der Waals surface area contributed by atoms with Crippen LogP contribution in [-0.2, 0) is 5.41 Å². The average molecular weight is 574 g/mol. The summed E-state index contributed by atoms with van der Waals surface area (Å²) in [6, 6.07) is 18.3. The molecule has 1 aliphatic heterocycles. The minimum absolute atomic E-state index is 0.0681. The minimum Gasteiger partial charge on any atom is -0.493 e. The summed E-state index contributed by atoms with van der Waals surface area (Å²) in [6.45, 7) is 9.79. The lowest BCUT2D eigenvalue weighted by molar-refractivity contribution is 0.0799. The SMILES string of the molecule is COc1cc2c(Oc3ccc(Nc4ccc(C(C)(C)C)cc4)cc3F)ccnc2cc1OCCCN1CCC(O)CC1. The third-order valence-corrected chi connectivity index (χ3v) is 7.61. The third-order valence-electron chi connectivity index (χ3n) is 7.61. The smallest absolute Gasteiger partial charge is 0.167 e. The summed E-state index contributed by atoms with van der Waals surface area (Å²) in [5, 5.41) is 13.6. The lowest BCUT2D eigenvalue weighted by Gasteiger charge is -2.29. The fraction of sp³-hybridized carbons (Fsp3) is 0.382. The van der Waals surface area contributed by atoms with E-state index in [1.807, 2.05) is 24.3 Å². The van der Waals surface area contributed by atoms with Crippen molar-refractivity contribution < 1.29 is 23.7 Å². The molecular weight excluding hydrogens is 533 g/mol. The number of halogens is 1. The van der Waals surface area contributed by atoms with Crippen LogP contribution in [0.25, 0.3) is 10.9 Å². The van der Waals surface area contributed by atoms with E-state index in [-0.39, 0.29) is 17.3 Å². The van der Waals surface area contributed by atoms with Crippen LogP contribution >= 0.6 is 0 Å². The van der Waals surface area contributed by atoms with Gasteiger partial charge in [0.1, 0.15) is 5.75 Å². The van der Waals surface area contributed by atoms with E-state index >= 15 is 4.39 Å². The Morgan fingerprint density at radius 3 is 2.36 bits per heavy atom. The largest absolute Gasteiger partial charge is 0.493 e. The van der Waals surface area contributed by atoms with Crippen LogP contribution in [-0.4, -0.2) is 54.4 Å². The summed E-state index contributed by atoms with van der Waals surface area (Å²) in [6.07, 6.45) is 3.98. The van der Waals surface area contributed by atoms with Crippen molar-refractivity contribution in [3.63, 3.8) is 0 Å².